The summed E-state index contributed by atoms with van der Waals surface area (Å²) in [7, 11) is 0. The van der Waals surface area contributed by atoms with Gasteiger partial charge in [-0.25, -0.2) is 8.78 Å². The van der Waals surface area contributed by atoms with Crippen LogP contribution in [0.4, 0.5) is 8.78 Å². The number of hydrogen-bond donors (Lipinski definition) is 1. The summed E-state index contributed by atoms with van der Waals surface area (Å²) in [6.07, 6.45) is 4.81. The van der Waals surface area contributed by atoms with Crippen molar-refractivity contribution in [3.63, 3.8) is 0 Å². The smallest absolute Gasteiger partial charge is 0.130 e. The zero-order valence-corrected chi connectivity index (χ0v) is 12.0. The fourth-order valence-corrected chi connectivity index (χ4v) is 3.05. The predicted molar refractivity (Wildman–Crippen MR) is 73.9 cm³/mol. The van der Waals surface area contributed by atoms with E-state index in [1.54, 1.807) is 0 Å². The molecule has 0 amide bonds. The van der Waals surface area contributed by atoms with Gasteiger partial charge in [-0.05, 0) is 31.2 Å². The van der Waals surface area contributed by atoms with Crippen LogP contribution in [0.1, 0.15) is 58.1 Å². The molecule has 0 saturated heterocycles. The van der Waals surface area contributed by atoms with Crippen molar-refractivity contribution in [2.75, 3.05) is 0 Å². The molecule has 0 aromatic heterocycles. The lowest BCUT2D eigenvalue weighted by atomic mass is 9.73. The number of hydrogen-bond acceptors (Lipinski definition) is 1. The molecule has 106 valence electrons. The Hall–Kier alpha value is -0.960. The molecule has 2 atom stereocenters. The van der Waals surface area contributed by atoms with E-state index in [9.17, 15) is 8.78 Å². The second-order valence-electron chi connectivity index (χ2n) is 6.34. The highest BCUT2D eigenvalue weighted by Crippen LogP contribution is 2.36. The second-order valence-corrected chi connectivity index (χ2v) is 6.34. The number of halogens is 2. The maximum atomic E-state index is 13.8. The van der Waals surface area contributed by atoms with Crippen molar-refractivity contribution in [3.8, 4) is 0 Å². The molecule has 1 nitrogen and oxygen atoms in total. The summed E-state index contributed by atoms with van der Waals surface area (Å²) in [4.78, 5) is 0. The summed E-state index contributed by atoms with van der Waals surface area (Å²) < 4.78 is 26.7. The van der Waals surface area contributed by atoms with E-state index >= 15 is 0 Å². The van der Waals surface area contributed by atoms with Gasteiger partial charge in [0.1, 0.15) is 11.6 Å². The lowest BCUT2D eigenvalue weighted by Gasteiger charge is -2.41. The molecule has 19 heavy (non-hydrogen) atoms. The van der Waals surface area contributed by atoms with E-state index in [1.165, 1.54) is 31.4 Å². The molecule has 1 N–H and O–H groups in total. The highest BCUT2D eigenvalue weighted by atomic mass is 19.1. The summed E-state index contributed by atoms with van der Waals surface area (Å²) >= 11 is 0. The average molecular weight is 267 g/mol. The van der Waals surface area contributed by atoms with E-state index in [-0.39, 0.29) is 11.5 Å². The maximum absolute atomic E-state index is 13.8. The van der Waals surface area contributed by atoms with Gasteiger partial charge in [0.15, 0.2) is 0 Å². The van der Waals surface area contributed by atoms with Crippen molar-refractivity contribution in [2.45, 2.75) is 58.5 Å². The first-order valence-corrected chi connectivity index (χ1v) is 7.11. The molecule has 0 aliphatic heterocycles. The number of benzene rings is 1. The number of nitrogens with one attached hydrogen (secondary N) is 1. The molecule has 0 heterocycles. The summed E-state index contributed by atoms with van der Waals surface area (Å²) in [5.41, 5.74) is 0.783. The molecule has 0 spiro atoms. The van der Waals surface area contributed by atoms with Crippen molar-refractivity contribution in [1.29, 1.82) is 0 Å². The molecular formula is C16H23F2N. The predicted octanol–water partition coefficient (Wildman–Crippen LogP) is 4.58. The van der Waals surface area contributed by atoms with Gasteiger partial charge in [-0.1, -0.05) is 32.8 Å². The average Bonchev–Trinajstić information content (AvgIpc) is 2.31. The highest BCUT2D eigenvalue weighted by molar-refractivity contribution is 5.22. The van der Waals surface area contributed by atoms with E-state index in [0.29, 0.717) is 11.6 Å². The Balaban J connectivity index is 2.09. The quantitative estimate of drug-likeness (QED) is 0.845. The Kier molecular flexibility index (Phi) is 4.24. The molecular weight excluding hydrogens is 244 g/mol. The second kappa shape index (κ2) is 5.58. The van der Waals surface area contributed by atoms with Crippen LogP contribution >= 0.6 is 0 Å². The van der Waals surface area contributed by atoms with Gasteiger partial charge in [0.25, 0.3) is 0 Å². The third kappa shape index (κ3) is 3.33. The Labute approximate surface area is 114 Å². The van der Waals surface area contributed by atoms with Crippen LogP contribution in [-0.4, -0.2) is 6.04 Å². The first-order valence-electron chi connectivity index (χ1n) is 7.11. The highest BCUT2D eigenvalue weighted by Gasteiger charge is 2.33. The van der Waals surface area contributed by atoms with Crippen LogP contribution in [0, 0.1) is 17.0 Å². The number of rotatable bonds is 3. The lowest BCUT2D eigenvalue weighted by Crippen LogP contribution is -2.45. The van der Waals surface area contributed by atoms with E-state index in [0.717, 1.165) is 12.5 Å². The monoisotopic (exact) mass is 267 g/mol. The third-order valence-corrected chi connectivity index (χ3v) is 4.39. The molecule has 3 heteroatoms. The summed E-state index contributed by atoms with van der Waals surface area (Å²) in [6.45, 7) is 6.47. The molecule has 0 radical (unpaired) electrons. The zero-order valence-electron chi connectivity index (χ0n) is 12.0. The van der Waals surface area contributed by atoms with Crippen LogP contribution in [-0.2, 0) is 0 Å². The van der Waals surface area contributed by atoms with Crippen molar-refractivity contribution >= 4 is 0 Å². The normalized spacial score (nSPS) is 24.2. The van der Waals surface area contributed by atoms with E-state index in [4.69, 9.17) is 0 Å². The summed E-state index contributed by atoms with van der Waals surface area (Å²) in [6, 6.07) is 4.11. The largest absolute Gasteiger partial charge is 0.307 e. The minimum atomic E-state index is -0.522. The van der Waals surface area contributed by atoms with Crippen molar-refractivity contribution < 1.29 is 8.78 Å². The van der Waals surface area contributed by atoms with Crippen LogP contribution in [0.15, 0.2) is 18.2 Å². The zero-order chi connectivity index (χ0) is 14.0. The molecule has 0 bridgehead atoms. The molecule has 2 rings (SSSR count). The summed E-state index contributed by atoms with van der Waals surface area (Å²) in [5, 5.41) is 3.52. The van der Waals surface area contributed by atoms with Crippen LogP contribution < -0.4 is 5.32 Å². The molecule has 1 fully saturated rings. The fraction of sp³-hybridized carbons (Fsp3) is 0.625. The SMILES string of the molecule is CC(NC1CCCCC1(C)C)c1ccc(F)cc1F. The van der Waals surface area contributed by atoms with Crippen LogP contribution in [0.3, 0.4) is 0 Å². The van der Waals surface area contributed by atoms with Gasteiger partial charge in [-0.15, -0.1) is 0 Å². The van der Waals surface area contributed by atoms with Crippen LogP contribution in [0.5, 0.6) is 0 Å². The molecule has 1 aromatic rings. The topological polar surface area (TPSA) is 12.0 Å². The standard InChI is InChI=1S/C16H23F2N/c1-11(13-8-7-12(17)10-14(13)18)19-15-6-4-5-9-16(15,2)3/h7-8,10-11,15,19H,4-6,9H2,1-3H3. The van der Waals surface area contributed by atoms with Gasteiger partial charge in [-0.2, -0.15) is 0 Å². The minimum absolute atomic E-state index is 0.0945. The Bertz CT molecular complexity index is 442. The van der Waals surface area contributed by atoms with Gasteiger partial charge in [0, 0.05) is 23.7 Å². The van der Waals surface area contributed by atoms with Gasteiger partial charge >= 0.3 is 0 Å². The first-order chi connectivity index (χ1) is 8.90. The third-order valence-electron chi connectivity index (χ3n) is 4.39. The van der Waals surface area contributed by atoms with Gasteiger partial charge in [0.2, 0.25) is 0 Å². The maximum Gasteiger partial charge on any atom is 0.130 e. The fourth-order valence-electron chi connectivity index (χ4n) is 3.05. The van der Waals surface area contributed by atoms with E-state index in [1.807, 2.05) is 6.92 Å². The van der Waals surface area contributed by atoms with Gasteiger partial charge < -0.3 is 5.32 Å². The summed E-state index contributed by atoms with van der Waals surface area (Å²) in [5.74, 6) is -0.986. The van der Waals surface area contributed by atoms with Crippen molar-refractivity contribution in [2.24, 2.45) is 5.41 Å². The van der Waals surface area contributed by atoms with Crippen LogP contribution in [0.25, 0.3) is 0 Å². The van der Waals surface area contributed by atoms with E-state index in [2.05, 4.69) is 19.2 Å². The molecule has 1 saturated carbocycles. The molecule has 1 aliphatic rings. The molecule has 1 aromatic carbocycles. The van der Waals surface area contributed by atoms with Gasteiger partial charge in [0.05, 0.1) is 0 Å². The lowest BCUT2D eigenvalue weighted by molar-refractivity contribution is 0.157. The molecule has 1 aliphatic carbocycles. The van der Waals surface area contributed by atoms with Crippen molar-refractivity contribution in [3.05, 3.63) is 35.4 Å². The Morgan fingerprint density at radius 3 is 2.63 bits per heavy atom. The first kappa shape index (κ1) is 14.4. The van der Waals surface area contributed by atoms with Crippen LogP contribution in [0.2, 0.25) is 0 Å². The Morgan fingerprint density at radius 2 is 2.00 bits per heavy atom. The van der Waals surface area contributed by atoms with Gasteiger partial charge in [-0.3, -0.25) is 0 Å². The minimum Gasteiger partial charge on any atom is -0.307 e. The van der Waals surface area contributed by atoms with Crippen molar-refractivity contribution in [1.82, 2.24) is 5.32 Å². The Morgan fingerprint density at radius 1 is 1.26 bits per heavy atom. The van der Waals surface area contributed by atoms with E-state index < -0.39 is 11.6 Å². The molecule has 2 unspecified atom stereocenters.